The predicted molar refractivity (Wildman–Crippen MR) is 68.5 cm³/mol. The fraction of sp³-hybridized carbons (Fsp3) is 0.143. The molecule has 0 fully saturated rings. The maximum Gasteiger partial charge on any atom is 0.416 e. The van der Waals surface area contributed by atoms with Gasteiger partial charge in [0.05, 0.1) is 5.56 Å². The number of primary amides is 1. The van der Waals surface area contributed by atoms with Crippen molar-refractivity contribution in [1.29, 1.82) is 0 Å². The van der Waals surface area contributed by atoms with Crippen LogP contribution >= 0.6 is 0 Å². The summed E-state index contributed by atoms with van der Waals surface area (Å²) in [4.78, 5) is 14.7. The minimum absolute atomic E-state index is 0.00226. The standard InChI is InChI=1S/C14H11F3N2O2/c15-14(16,17)11-4-2-1-3-9(11)8-21-10-5-6-19-12(7-10)13(18)20/h1-7H,8H2,(H2,18,20). The van der Waals surface area contributed by atoms with Gasteiger partial charge >= 0.3 is 6.18 Å². The number of carbonyl (C=O) groups is 1. The molecule has 2 rings (SSSR count). The molecule has 0 aliphatic carbocycles. The molecule has 110 valence electrons. The Morgan fingerprint density at radius 2 is 1.95 bits per heavy atom. The summed E-state index contributed by atoms with van der Waals surface area (Å²) in [5, 5.41) is 0. The minimum Gasteiger partial charge on any atom is -0.489 e. The summed E-state index contributed by atoms with van der Waals surface area (Å²) in [5.41, 5.74) is 4.30. The molecule has 1 aromatic heterocycles. The number of alkyl halides is 3. The molecule has 0 spiro atoms. The van der Waals surface area contributed by atoms with Gasteiger partial charge in [0.15, 0.2) is 0 Å². The van der Waals surface area contributed by atoms with Crippen molar-refractivity contribution in [3.05, 3.63) is 59.4 Å². The average molecular weight is 296 g/mol. The number of amides is 1. The normalized spacial score (nSPS) is 11.2. The third-order valence-electron chi connectivity index (χ3n) is 2.70. The van der Waals surface area contributed by atoms with Gasteiger partial charge in [-0.3, -0.25) is 9.78 Å². The molecule has 2 N–H and O–H groups in total. The zero-order valence-corrected chi connectivity index (χ0v) is 10.7. The van der Waals surface area contributed by atoms with Crippen molar-refractivity contribution in [2.45, 2.75) is 12.8 Å². The van der Waals surface area contributed by atoms with Crippen LogP contribution in [-0.4, -0.2) is 10.9 Å². The van der Waals surface area contributed by atoms with Gasteiger partial charge in [0, 0.05) is 17.8 Å². The highest BCUT2D eigenvalue weighted by Gasteiger charge is 2.32. The fourth-order valence-corrected chi connectivity index (χ4v) is 1.72. The predicted octanol–water partition coefficient (Wildman–Crippen LogP) is 2.78. The molecular weight excluding hydrogens is 285 g/mol. The second-order valence-corrected chi connectivity index (χ2v) is 4.18. The fourth-order valence-electron chi connectivity index (χ4n) is 1.72. The number of hydrogen-bond acceptors (Lipinski definition) is 3. The molecule has 2 aromatic rings. The molecule has 0 saturated heterocycles. The Labute approximate surface area is 118 Å². The molecule has 0 aliphatic rings. The van der Waals surface area contributed by atoms with Crippen LogP contribution < -0.4 is 10.5 Å². The van der Waals surface area contributed by atoms with Gasteiger partial charge in [-0.1, -0.05) is 18.2 Å². The molecule has 0 atom stereocenters. The number of carbonyl (C=O) groups excluding carboxylic acids is 1. The number of hydrogen-bond donors (Lipinski definition) is 1. The van der Waals surface area contributed by atoms with E-state index < -0.39 is 17.6 Å². The van der Waals surface area contributed by atoms with Crippen LogP contribution in [0.5, 0.6) is 5.75 Å². The lowest BCUT2D eigenvalue weighted by atomic mass is 10.1. The third-order valence-corrected chi connectivity index (χ3v) is 2.70. The molecule has 0 radical (unpaired) electrons. The summed E-state index contributed by atoms with van der Waals surface area (Å²) in [6, 6.07) is 7.83. The minimum atomic E-state index is -4.45. The molecule has 0 saturated carbocycles. The lowest BCUT2D eigenvalue weighted by molar-refractivity contribution is -0.138. The summed E-state index contributed by atoms with van der Waals surface area (Å²) < 4.78 is 43.7. The molecule has 1 aromatic carbocycles. The molecule has 0 unspecified atom stereocenters. The van der Waals surface area contributed by atoms with Crippen LogP contribution in [0.15, 0.2) is 42.6 Å². The summed E-state index contributed by atoms with van der Waals surface area (Å²) >= 11 is 0. The Morgan fingerprint density at radius 3 is 2.62 bits per heavy atom. The van der Waals surface area contributed by atoms with Gasteiger partial charge in [-0.05, 0) is 12.1 Å². The Hall–Kier alpha value is -2.57. The second kappa shape index (κ2) is 5.82. The quantitative estimate of drug-likeness (QED) is 0.943. The summed E-state index contributed by atoms with van der Waals surface area (Å²) in [6.07, 6.45) is -3.15. The van der Waals surface area contributed by atoms with Crippen LogP contribution in [0.1, 0.15) is 21.6 Å². The SMILES string of the molecule is NC(=O)c1cc(OCc2ccccc2C(F)(F)F)ccn1. The van der Waals surface area contributed by atoms with E-state index in [1.54, 1.807) is 0 Å². The molecule has 1 heterocycles. The Balaban J connectivity index is 2.17. The van der Waals surface area contributed by atoms with Crippen molar-refractivity contribution in [3.63, 3.8) is 0 Å². The maximum absolute atomic E-state index is 12.8. The lowest BCUT2D eigenvalue weighted by Crippen LogP contribution is -2.13. The summed E-state index contributed by atoms with van der Waals surface area (Å²) in [7, 11) is 0. The highest BCUT2D eigenvalue weighted by atomic mass is 19.4. The van der Waals surface area contributed by atoms with E-state index >= 15 is 0 Å². The number of halogens is 3. The van der Waals surface area contributed by atoms with E-state index in [1.807, 2.05) is 0 Å². The first-order valence-electron chi connectivity index (χ1n) is 5.91. The highest BCUT2D eigenvalue weighted by molar-refractivity contribution is 5.91. The number of benzene rings is 1. The van der Waals surface area contributed by atoms with E-state index in [2.05, 4.69) is 4.98 Å². The summed E-state index contributed by atoms with van der Waals surface area (Å²) in [5.74, 6) is -0.521. The van der Waals surface area contributed by atoms with Gasteiger partial charge in [-0.15, -0.1) is 0 Å². The highest BCUT2D eigenvalue weighted by Crippen LogP contribution is 2.32. The van der Waals surface area contributed by atoms with Gasteiger partial charge < -0.3 is 10.5 Å². The van der Waals surface area contributed by atoms with Crippen LogP contribution in [0.3, 0.4) is 0 Å². The first-order valence-corrected chi connectivity index (χ1v) is 5.91. The van der Waals surface area contributed by atoms with Crippen molar-refractivity contribution < 1.29 is 22.7 Å². The van der Waals surface area contributed by atoms with E-state index in [9.17, 15) is 18.0 Å². The van der Waals surface area contributed by atoms with Gasteiger partial charge in [-0.2, -0.15) is 13.2 Å². The number of pyridine rings is 1. The van der Waals surface area contributed by atoms with E-state index in [0.717, 1.165) is 6.07 Å². The van der Waals surface area contributed by atoms with Crippen LogP contribution in [0, 0.1) is 0 Å². The molecule has 21 heavy (non-hydrogen) atoms. The number of aromatic nitrogens is 1. The Morgan fingerprint density at radius 1 is 1.24 bits per heavy atom. The van der Waals surface area contributed by atoms with Gasteiger partial charge in [0.1, 0.15) is 18.1 Å². The Bertz CT molecular complexity index is 657. The molecule has 4 nitrogen and oxygen atoms in total. The largest absolute Gasteiger partial charge is 0.489 e. The van der Waals surface area contributed by atoms with Crippen molar-refractivity contribution in [1.82, 2.24) is 4.98 Å². The van der Waals surface area contributed by atoms with Crippen molar-refractivity contribution >= 4 is 5.91 Å². The van der Waals surface area contributed by atoms with Gasteiger partial charge in [0.25, 0.3) is 5.91 Å². The van der Waals surface area contributed by atoms with Crippen LogP contribution in [0.25, 0.3) is 0 Å². The van der Waals surface area contributed by atoms with Crippen molar-refractivity contribution in [2.75, 3.05) is 0 Å². The topological polar surface area (TPSA) is 65.2 Å². The molecule has 0 bridgehead atoms. The maximum atomic E-state index is 12.8. The zero-order chi connectivity index (χ0) is 15.5. The van der Waals surface area contributed by atoms with Crippen molar-refractivity contribution in [3.8, 4) is 5.75 Å². The average Bonchev–Trinajstić information content (AvgIpc) is 2.45. The van der Waals surface area contributed by atoms with Crippen LogP contribution in [-0.2, 0) is 12.8 Å². The molecule has 0 aliphatic heterocycles. The van der Waals surface area contributed by atoms with Gasteiger partial charge in [0.2, 0.25) is 0 Å². The van der Waals surface area contributed by atoms with E-state index in [0.29, 0.717) is 0 Å². The number of rotatable bonds is 4. The third kappa shape index (κ3) is 3.71. The first-order chi connectivity index (χ1) is 9.88. The van der Waals surface area contributed by atoms with Crippen molar-refractivity contribution in [2.24, 2.45) is 5.73 Å². The Kier molecular flexibility index (Phi) is 4.11. The molecular formula is C14H11F3N2O2. The smallest absolute Gasteiger partial charge is 0.416 e. The molecule has 7 heteroatoms. The second-order valence-electron chi connectivity index (χ2n) is 4.18. The lowest BCUT2D eigenvalue weighted by Gasteiger charge is -2.13. The molecule has 1 amide bonds. The van der Waals surface area contributed by atoms with Crippen LogP contribution in [0.4, 0.5) is 13.2 Å². The van der Waals surface area contributed by atoms with Crippen LogP contribution in [0.2, 0.25) is 0 Å². The monoisotopic (exact) mass is 296 g/mol. The number of nitrogens with zero attached hydrogens (tertiary/aromatic N) is 1. The van der Waals surface area contributed by atoms with E-state index in [1.165, 1.54) is 36.5 Å². The number of nitrogens with two attached hydrogens (primary N) is 1. The first kappa shape index (κ1) is 14.8. The van der Waals surface area contributed by atoms with E-state index in [-0.39, 0.29) is 23.6 Å². The zero-order valence-electron chi connectivity index (χ0n) is 10.7. The summed E-state index contributed by atoms with van der Waals surface area (Å²) in [6.45, 7) is -0.280. The van der Waals surface area contributed by atoms with E-state index in [4.69, 9.17) is 10.5 Å². The van der Waals surface area contributed by atoms with Gasteiger partial charge in [-0.25, -0.2) is 0 Å². The number of ether oxygens (including phenoxy) is 1.